The van der Waals surface area contributed by atoms with E-state index in [-0.39, 0.29) is 0 Å². The summed E-state index contributed by atoms with van der Waals surface area (Å²) in [6.45, 7) is 10.4. The average molecular weight is 304 g/mol. The first-order valence-corrected chi connectivity index (χ1v) is 8.40. The van der Waals surface area contributed by atoms with Crippen LogP contribution in [0, 0.1) is 12.8 Å². The maximum absolute atomic E-state index is 5.46. The fraction of sp³-hybridized carbons (Fsp3) is 0.471. The fourth-order valence-electron chi connectivity index (χ4n) is 2.06. The zero-order valence-electron chi connectivity index (χ0n) is 13.3. The summed E-state index contributed by atoms with van der Waals surface area (Å²) in [4.78, 5) is 5.83. The Morgan fingerprint density at radius 3 is 2.57 bits per heavy atom. The van der Waals surface area contributed by atoms with E-state index in [1.165, 1.54) is 12.1 Å². The first kappa shape index (κ1) is 15.8. The summed E-state index contributed by atoms with van der Waals surface area (Å²) >= 11 is 1.70. The van der Waals surface area contributed by atoms with E-state index >= 15 is 0 Å². The first-order valence-electron chi connectivity index (χ1n) is 7.52. The Morgan fingerprint density at radius 2 is 1.95 bits per heavy atom. The van der Waals surface area contributed by atoms with Crippen LogP contribution >= 0.6 is 11.3 Å². The van der Waals surface area contributed by atoms with Crippen molar-refractivity contribution >= 4 is 17.0 Å². The van der Waals surface area contributed by atoms with Gasteiger partial charge in [-0.2, -0.15) is 0 Å². The third-order valence-corrected chi connectivity index (χ3v) is 4.28. The second-order valence-electron chi connectivity index (χ2n) is 5.53. The number of aryl methyl sites for hydroxylation is 1. The molecule has 1 aromatic heterocycles. The van der Waals surface area contributed by atoms with Gasteiger partial charge in [-0.25, -0.2) is 4.99 Å². The van der Waals surface area contributed by atoms with E-state index in [2.05, 4.69) is 30.7 Å². The summed E-state index contributed by atoms with van der Waals surface area (Å²) in [5, 5.41) is 2.17. The van der Waals surface area contributed by atoms with Crippen LogP contribution < -0.4 is 9.54 Å². The summed E-state index contributed by atoms with van der Waals surface area (Å²) in [7, 11) is 0. The smallest absolute Gasteiger partial charge is 0.190 e. The number of hydrogen-bond donors (Lipinski definition) is 0. The van der Waals surface area contributed by atoms with Crippen molar-refractivity contribution in [1.82, 2.24) is 4.57 Å². The maximum Gasteiger partial charge on any atom is 0.190 e. The van der Waals surface area contributed by atoms with Gasteiger partial charge in [0.05, 0.1) is 12.3 Å². The molecular formula is C17H24N2OS. The third-order valence-electron chi connectivity index (χ3n) is 3.29. The largest absolute Gasteiger partial charge is 0.494 e. The molecule has 0 saturated carbocycles. The molecule has 0 fully saturated rings. The Kier molecular flexibility index (Phi) is 5.62. The highest BCUT2D eigenvalue weighted by Gasteiger charge is 2.03. The van der Waals surface area contributed by atoms with Crippen molar-refractivity contribution in [2.24, 2.45) is 10.9 Å². The highest BCUT2D eigenvalue weighted by atomic mass is 32.1. The van der Waals surface area contributed by atoms with E-state index in [0.29, 0.717) is 12.5 Å². The summed E-state index contributed by atoms with van der Waals surface area (Å²) in [5.74, 6) is 1.60. The van der Waals surface area contributed by atoms with E-state index in [1.807, 2.05) is 31.2 Å². The molecule has 0 unspecified atom stereocenters. The van der Waals surface area contributed by atoms with E-state index in [0.717, 1.165) is 22.8 Å². The van der Waals surface area contributed by atoms with Gasteiger partial charge in [-0.15, -0.1) is 11.3 Å². The molecule has 0 atom stereocenters. The molecule has 0 aliphatic rings. The molecule has 21 heavy (non-hydrogen) atoms. The molecule has 4 heteroatoms. The summed E-state index contributed by atoms with van der Waals surface area (Å²) < 4.78 is 7.77. The molecule has 1 heterocycles. The minimum atomic E-state index is 0.690. The van der Waals surface area contributed by atoms with Gasteiger partial charge in [0.1, 0.15) is 5.75 Å². The number of thiazole rings is 1. The van der Waals surface area contributed by atoms with Crippen molar-refractivity contribution in [2.45, 2.75) is 40.7 Å². The van der Waals surface area contributed by atoms with Gasteiger partial charge in [0.25, 0.3) is 0 Å². The monoisotopic (exact) mass is 304 g/mol. The van der Waals surface area contributed by atoms with Crippen LogP contribution in [0.15, 0.2) is 34.6 Å². The lowest BCUT2D eigenvalue weighted by Gasteiger charge is -2.08. The number of benzene rings is 1. The molecule has 0 amide bonds. The van der Waals surface area contributed by atoms with Crippen molar-refractivity contribution in [2.75, 3.05) is 6.61 Å². The number of hydrogen-bond acceptors (Lipinski definition) is 3. The Balaban J connectivity index is 2.24. The molecule has 0 bridgehead atoms. The SMILES string of the molecule is CCOc1ccc(N=c2scc(C)n2CCC(C)C)cc1. The van der Waals surface area contributed by atoms with Gasteiger partial charge in [0, 0.05) is 17.6 Å². The molecule has 2 aromatic rings. The van der Waals surface area contributed by atoms with Crippen molar-refractivity contribution in [3.05, 3.63) is 40.1 Å². The van der Waals surface area contributed by atoms with Crippen molar-refractivity contribution < 1.29 is 4.74 Å². The minimum Gasteiger partial charge on any atom is -0.494 e. The summed E-state index contributed by atoms with van der Waals surface area (Å²) in [5.41, 5.74) is 2.25. The van der Waals surface area contributed by atoms with Gasteiger partial charge in [-0.3, -0.25) is 0 Å². The third kappa shape index (κ3) is 4.46. The van der Waals surface area contributed by atoms with Crippen LogP contribution in [-0.4, -0.2) is 11.2 Å². The molecule has 114 valence electrons. The topological polar surface area (TPSA) is 26.5 Å². The number of nitrogens with zero attached hydrogens (tertiary/aromatic N) is 2. The van der Waals surface area contributed by atoms with Gasteiger partial charge in [-0.1, -0.05) is 13.8 Å². The van der Waals surface area contributed by atoms with Gasteiger partial charge in [-0.05, 0) is 50.5 Å². The number of aromatic nitrogens is 1. The molecule has 0 saturated heterocycles. The highest BCUT2D eigenvalue weighted by molar-refractivity contribution is 7.07. The lowest BCUT2D eigenvalue weighted by Crippen LogP contribution is -2.17. The standard InChI is InChI=1S/C17H24N2OS/c1-5-20-16-8-6-15(7-9-16)18-17-19(11-10-13(2)3)14(4)12-21-17/h6-9,12-13H,5,10-11H2,1-4H3. The first-order chi connectivity index (χ1) is 10.1. The predicted molar refractivity (Wildman–Crippen MR) is 89.3 cm³/mol. The molecule has 1 aromatic carbocycles. The Bertz CT molecular complexity index is 623. The number of ether oxygens (including phenoxy) is 1. The van der Waals surface area contributed by atoms with E-state index in [9.17, 15) is 0 Å². The van der Waals surface area contributed by atoms with E-state index in [1.54, 1.807) is 11.3 Å². The molecule has 0 radical (unpaired) electrons. The fourth-order valence-corrected chi connectivity index (χ4v) is 2.98. The average Bonchev–Trinajstić information content (AvgIpc) is 2.79. The minimum absolute atomic E-state index is 0.690. The molecule has 2 rings (SSSR count). The van der Waals surface area contributed by atoms with Crippen molar-refractivity contribution in [3.63, 3.8) is 0 Å². The normalized spacial score (nSPS) is 12.1. The highest BCUT2D eigenvalue weighted by Crippen LogP contribution is 2.18. The summed E-state index contributed by atoms with van der Waals surface area (Å²) in [6, 6.07) is 7.96. The lowest BCUT2D eigenvalue weighted by atomic mass is 10.1. The number of rotatable bonds is 6. The van der Waals surface area contributed by atoms with Crippen LogP contribution in [0.2, 0.25) is 0 Å². The molecule has 3 nitrogen and oxygen atoms in total. The van der Waals surface area contributed by atoms with E-state index in [4.69, 9.17) is 9.73 Å². The predicted octanol–water partition coefficient (Wildman–Crippen LogP) is 4.54. The van der Waals surface area contributed by atoms with Crippen LogP contribution in [0.5, 0.6) is 5.75 Å². The Labute approximate surface area is 130 Å². The molecule has 0 aliphatic heterocycles. The molecule has 0 aliphatic carbocycles. The lowest BCUT2D eigenvalue weighted by molar-refractivity contribution is 0.340. The van der Waals surface area contributed by atoms with Crippen molar-refractivity contribution in [1.29, 1.82) is 0 Å². The van der Waals surface area contributed by atoms with Crippen LogP contribution in [0.1, 0.15) is 32.9 Å². The molecular weight excluding hydrogens is 280 g/mol. The van der Waals surface area contributed by atoms with Gasteiger partial charge in [0.2, 0.25) is 0 Å². The van der Waals surface area contributed by atoms with E-state index < -0.39 is 0 Å². The van der Waals surface area contributed by atoms with Crippen LogP contribution in [0.3, 0.4) is 0 Å². The van der Waals surface area contributed by atoms with Gasteiger partial charge >= 0.3 is 0 Å². The second-order valence-corrected chi connectivity index (χ2v) is 6.37. The quantitative estimate of drug-likeness (QED) is 0.770. The molecule has 0 N–H and O–H groups in total. The van der Waals surface area contributed by atoms with Crippen LogP contribution in [0.25, 0.3) is 0 Å². The van der Waals surface area contributed by atoms with Crippen LogP contribution in [-0.2, 0) is 6.54 Å². The van der Waals surface area contributed by atoms with Crippen LogP contribution in [0.4, 0.5) is 5.69 Å². The zero-order chi connectivity index (χ0) is 15.2. The van der Waals surface area contributed by atoms with Crippen molar-refractivity contribution in [3.8, 4) is 5.75 Å². The maximum atomic E-state index is 5.46. The Hall–Kier alpha value is -1.55. The van der Waals surface area contributed by atoms with Gasteiger partial charge in [0.15, 0.2) is 4.80 Å². The van der Waals surface area contributed by atoms with Gasteiger partial charge < -0.3 is 9.30 Å². The summed E-state index contributed by atoms with van der Waals surface area (Å²) in [6.07, 6.45) is 1.17. The second kappa shape index (κ2) is 7.46. The molecule has 0 spiro atoms. The zero-order valence-corrected chi connectivity index (χ0v) is 14.1. The Morgan fingerprint density at radius 1 is 1.24 bits per heavy atom.